The van der Waals surface area contributed by atoms with E-state index >= 15 is 0 Å². The van der Waals surface area contributed by atoms with Gasteiger partial charge in [0.1, 0.15) is 0 Å². The second kappa shape index (κ2) is 8.59. The lowest BCUT2D eigenvalue weighted by Crippen LogP contribution is -2.32. The molecule has 0 bridgehead atoms. The van der Waals surface area contributed by atoms with Crippen molar-refractivity contribution in [3.63, 3.8) is 0 Å². The minimum Gasteiger partial charge on any atom is -0.392 e. The molecule has 0 aliphatic carbocycles. The topological polar surface area (TPSA) is 28.2 Å². The molecule has 2 aliphatic rings. The van der Waals surface area contributed by atoms with Crippen LogP contribution in [0.4, 0.5) is 0 Å². The Labute approximate surface area is 204 Å². The van der Waals surface area contributed by atoms with E-state index in [1.807, 2.05) is 12.1 Å². The molecular formula is C30H33BN2O+. The monoisotopic (exact) mass is 448 g/mol. The molecule has 0 saturated heterocycles. The van der Waals surface area contributed by atoms with Crippen LogP contribution < -0.4 is 0 Å². The average molecular weight is 448 g/mol. The Hall–Kier alpha value is -3.11. The molecular weight excluding hydrogens is 415 g/mol. The Morgan fingerprint density at radius 3 is 1.97 bits per heavy atom. The van der Waals surface area contributed by atoms with E-state index in [1.165, 1.54) is 61.8 Å². The molecule has 0 spiro atoms. The maximum absolute atomic E-state index is 9.35. The maximum atomic E-state index is 9.35. The minimum absolute atomic E-state index is 0.0743. The van der Waals surface area contributed by atoms with Gasteiger partial charge in [-0.1, -0.05) is 62.4 Å². The maximum Gasteiger partial charge on any atom is 0.699 e. The van der Waals surface area contributed by atoms with Crippen LogP contribution in [0.3, 0.4) is 0 Å². The summed E-state index contributed by atoms with van der Waals surface area (Å²) in [6, 6.07) is 17.1. The normalized spacial score (nSPS) is 15.1. The number of benzene rings is 2. The van der Waals surface area contributed by atoms with Gasteiger partial charge >= 0.3 is 7.55 Å². The molecule has 1 aromatic heterocycles. The van der Waals surface area contributed by atoms with E-state index in [0.29, 0.717) is 0 Å². The molecule has 3 heterocycles. The highest BCUT2D eigenvalue weighted by Crippen LogP contribution is 2.42. The smallest absolute Gasteiger partial charge is 0.392 e. The first kappa shape index (κ1) is 22.7. The van der Waals surface area contributed by atoms with Gasteiger partial charge < -0.3 is 9.58 Å². The van der Waals surface area contributed by atoms with Gasteiger partial charge in [0.2, 0.25) is 0 Å². The van der Waals surface area contributed by atoms with Gasteiger partial charge in [0, 0.05) is 23.8 Å². The van der Waals surface area contributed by atoms with Crippen molar-refractivity contribution < 1.29 is 9.59 Å². The van der Waals surface area contributed by atoms with Crippen molar-refractivity contribution in [2.45, 2.75) is 61.0 Å². The molecule has 2 aliphatic heterocycles. The van der Waals surface area contributed by atoms with E-state index in [2.05, 4.69) is 94.5 Å². The number of rotatable bonds is 5. The summed E-state index contributed by atoms with van der Waals surface area (Å²) in [6.07, 6.45) is 2.07. The lowest BCUT2D eigenvalue weighted by Gasteiger charge is -2.20. The average Bonchev–Trinajstić information content (AvgIpc) is 3.26. The zero-order chi connectivity index (χ0) is 24.1. The van der Waals surface area contributed by atoms with Gasteiger partial charge in [-0.25, -0.2) is 0 Å². The van der Waals surface area contributed by atoms with Gasteiger partial charge in [-0.05, 0) is 67.0 Å². The van der Waals surface area contributed by atoms with Crippen LogP contribution in [0, 0.1) is 13.8 Å². The molecule has 0 atom stereocenters. The highest BCUT2D eigenvalue weighted by atomic mass is 16.3. The largest absolute Gasteiger partial charge is 0.699 e. The summed E-state index contributed by atoms with van der Waals surface area (Å²) >= 11 is 0. The van der Waals surface area contributed by atoms with Gasteiger partial charge in [0.25, 0.3) is 0 Å². The Balaban J connectivity index is 1.71. The van der Waals surface area contributed by atoms with Crippen LogP contribution in [0.15, 0.2) is 65.4 Å². The first-order valence-electron chi connectivity index (χ1n) is 12.3. The van der Waals surface area contributed by atoms with Crippen LogP contribution in [-0.4, -0.2) is 27.3 Å². The zero-order valence-corrected chi connectivity index (χ0v) is 21.2. The molecule has 2 aromatic carbocycles. The molecule has 1 N–H and O–H groups in total. The third-order valence-electron chi connectivity index (χ3n) is 7.75. The number of aromatic nitrogens is 1. The number of aliphatic hydroxyl groups is 1. The summed E-state index contributed by atoms with van der Waals surface area (Å²) in [5, 5.41) is 9.35. The van der Waals surface area contributed by atoms with E-state index in [4.69, 9.17) is 0 Å². The van der Waals surface area contributed by atoms with Gasteiger partial charge in [-0.3, -0.25) is 4.49 Å². The molecule has 3 nitrogen and oxygen atoms in total. The summed E-state index contributed by atoms with van der Waals surface area (Å²) in [5.74, 6) is 0. The number of fused-ring (bicyclic) bond motifs is 2. The number of allylic oxidation sites excluding steroid dienone is 2. The molecule has 0 unspecified atom stereocenters. The van der Waals surface area contributed by atoms with Crippen LogP contribution in [0.2, 0.25) is 0 Å². The lowest BCUT2D eigenvalue weighted by molar-refractivity contribution is -0.315. The van der Waals surface area contributed by atoms with Gasteiger partial charge in [0.15, 0.2) is 11.4 Å². The van der Waals surface area contributed by atoms with E-state index in [9.17, 15) is 5.11 Å². The highest BCUT2D eigenvalue weighted by Gasteiger charge is 2.43. The molecule has 0 amide bonds. The molecule has 0 fully saturated rings. The molecule has 171 valence electrons. The Kier molecular flexibility index (Phi) is 5.73. The van der Waals surface area contributed by atoms with E-state index in [0.717, 1.165) is 24.0 Å². The molecule has 4 heteroatoms. The first-order valence-corrected chi connectivity index (χ1v) is 12.3. The van der Waals surface area contributed by atoms with Gasteiger partial charge in [-0.2, -0.15) is 0 Å². The van der Waals surface area contributed by atoms with E-state index in [1.54, 1.807) is 0 Å². The fraction of sp³-hybridized carbons (Fsp3) is 0.300. The summed E-state index contributed by atoms with van der Waals surface area (Å²) in [6.45, 7) is 13.6. The summed E-state index contributed by atoms with van der Waals surface area (Å²) in [7, 11) is 2.30. The van der Waals surface area contributed by atoms with E-state index in [-0.39, 0.29) is 6.61 Å². The van der Waals surface area contributed by atoms with Crippen LogP contribution in [0.1, 0.15) is 67.8 Å². The lowest BCUT2D eigenvalue weighted by atomic mass is 9.88. The molecule has 34 heavy (non-hydrogen) atoms. The predicted octanol–water partition coefficient (Wildman–Crippen LogP) is 6.20. The van der Waals surface area contributed by atoms with Crippen molar-refractivity contribution in [2.75, 3.05) is 0 Å². The summed E-state index contributed by atoms with van der Waals surface area (Å²) in [4.78, 5) is 0. The van der Waals surface area contributed by atoms with Crippen molar-refractivity contribution in [2.24, 2.45) is 0 Å². The fourth-order valence-corrected chi connectivity index (χ4v) is 5.90. The fourth-order valence-electron chi connectivity index (χ4n) is 5.90. The van der Waals surface area contributed by atoms with Crippen LogP contribution >= 0.6 is 0 Å². The molecule has 1 radical (unpaired) electrons. The Morgan fingerprint density at radius 2 is 1.41 bits per heavy atom. The van der Waals surface area contributed by atoms with Crippen molar-refractivity contribution in [3.8, 4) is 11.1 Å². The number of hydrogen-bond acceptors (Lipinski definition) is 1. The number of aliphatic hydroxyl groups excluding tert-OH is 1. The molecule has 3 aromatic rings. The van der Waals surface area contributed by atoms with Crippen molar-refractivity contribution in [1.82, 2.24) is 4.48 Å². The minimum atomic E-state index is 0.0743. The first-order chi connectivity index (χ1) is 16.4. The molecule has 0 saturated carbocycles. The third kappa shape index (κ3) is 3.27. The second-order valence-electron chi connectivity index (χ2n) is 9.45. The van der Waals surface area contributed by atoms with Crippen LogP contribution in [0.25, 0.3) is 16.7 Å². The standard InChI is InChI=1S/C30H33BN2O/c1-7-26-18(3)29-28(25-15-13-24(14-16-25)23-11-9-22(17-34)10-12-23)30-19(4)27(8-2)21(6)33(30)31-32(29)20(26)5/h9-16,34H,7-8,17H2,1-6H3/q+1. The highest BCUT2D eigenvalue weighted by molar-refractivity contribution is 6.30. The zero-order valence-electron chi connectivity index (χ0n) is 21.2. The SMILES string of the molecule is CCC1=C(C)C2=C(c3ccc(-c4ccc(CO)cc4)cc3)c3c(C)c(CC)c(C)n3[B][N+]2=C1C. The van der Waals surface area contributed by atoms with Gasteiger partial charge in [0.05, 0.1) is 17.9 Å². The van der Waals surface area contributed by atoms with Crippen LogP contribution in [-0.2, 0) is 13.0 Å². The van der Waals surface area contributed by atoms with Crippen molar-refractivity contribution in [1.29, 1.82) is 0 Å². The number of hydrogen-bond donors (Lipinski definition) is 1. The van der Waals surface area contributed by atoms with Crippen molar-refractivity contribution >= 4 is 18.8 Å². The predicted molar refractivity (Wildman–Crippen MR) is 142 cm³/mol. The van der Waals surface area contributed by atoms with Gasteiger partial charge in [-0.15, -0.1) is 0 Å². The third-order valence-corrected chi connectivity index (χ3v) is 7.75. The quantitative estimate of drug-likeness (QED) is 0.463. The molecule has 5 rings (SSSR count). The Bertz CT molecular complexity index is 1380. The summed E-state index contributed by atoms with van der Waals surface area (Å²) < 4.78 is 4.81. The van der Waals surface area contributed by atoms with E-state index < -0.39 is 0 Å². The van der Waals surface area contributed by atoms with Crippen molar-refractivity contribution in [3.05, 3.63) is 99.0 Å². The summed E-state index contributed by atoms with van der Waals surface area (Å²) in [5.41, 5.74) is 16.8. The van der Waals surface area contributed by atoms with Crippen LogP contribution in [0.5, 0.6) is 0 Å². The Morgan fingerprint density at radius 1 is 0.824 bits per heavy atom. The number of nitrogens with zero attached hydrogens (tertiary/aromatic N) is 2. The second-order valence-corrected chi connectivity index (χ2v) is 9.45.